The summed E-state index contributed by atoms with van der Waals surface area (Å²) in [5, 5.41) is 13.7. The number of ether oxygens (including phenoxy) is 1. The van der Waals surface area contributed by atoms with E-state index in [1.807, 2.05) is 0 Å². The lowest BCUT2D eigenvalue weighted by Gasteiger charge is -2.27. The Morgan fingerprint density at radius 2 is 1.81 bits per heavy atom. The Labute approximate surface area is 130 Å². The number of hydrogen-bond donors (Lipinski definition) is 2. The average molecular weight is 297 g/mol. The molecule has 0 aromatic carbocycles. The van der Waals surface area contributed by atoms with Crippen LogP contribution in [-0.4, -0.2) is 36.5 Å². The second-order valence-electron chi connectivity index (χ2n) is 7.49. The Kier molecular flexibility index (Phi) is 6.97. The van der Waals surface area contributed by atoms with E-state index in [2.05, 4.69) is 26.1 Å². The highest BCUT2D eigenvalue weighted by molar-refractivity contribution is 4.86. The van der Waals surface area contributed by atoms with Gasteiger partial charge in [-0.25, -0.2) is 0 Å². The quantitative estimate of drug-likeness (QED) is 0.757. The molecule has 0 aliphatic heterocycles. The summed E-state index contributed by atoms with van der Waals surface area (Å²) in [7, 11) is 0. The predicted octanol–water partition coefficient (Wildman–Crippen LogP) is 3.36. The van der Waals surface area contributed by atoms with Crippen LogP contribution in [0.3, 0.4) is 0 Å². The van der Waals surface area contributed by atoms with Gasteiger partial charge in [-0.15, -0.1) is 0 Å². The van der Waals surface area contributed by atoms with Crippen molar-refractivity contribution in [3.05, 3.63) is 0 Å². The van der Waals surface area contributed by atoms with Gasteiger partial charge in [0.05, 0.1) is 18.8 Å². The molecule has 4 unspecified atom stereocenters. The monoisotopic (exact) mass is 297 g/mol. The highest BCUT2D eigenvalue weighted by Crippen LogP contribution is 2.33. The van der Waals surface area contributed by atoms with Gasteiger partial charge in [0.2, 0.25) is 0 Å². The zero-order valence-electron chi connectivity index (χ0n) is 14.2. The normalized spacial score (nSPS) is 38.6. The minimum Gasteiger partial charge on any atom is -0.389 e. The number of aliphatic hydroxyl groups excluding tert-OH is 1. The van der Waals surface area contributed by atoms with E-state index >= 15 is 0 Å². The van der Waals surface area contributed by atoms with E-state index in [0.717, 1.165) is 17.8 Å². The van der Waals surface area contributed by atoms with Crippen molar-refractivity contribution in [3.63, 3.8) is 0 Å². The Morgan fingerprint density at radius 3 is 2.43 bits per heavy atom. The lowest BCUT2D eigenvalue weighted by atomic mass is 9.89. The molecule has 3 heteroatoms. The largest absolute Gasteiger partial charge is 0.389 e. The van der Waals surface area contributed by atoms with E-state index in [9.17, 15) is 5.11 Å². The molecule has 2 fully saturated rings. The SMILES string of the molecule is CCC1CCC(NCC(O)COC2CCC(C)CC2)C1C. The van der Waals surface area contributed by atoms with Crippen molar-refractivity contribution in [2.24, 2.45) is 17.8 Å². The van der Waals surface area contributed by atoms with Crippen LogP contribution in [0, 0.1) is 17.8 Å². The summed E-state index contributed by atoms with van der Waals surface area (Å²) in [5.41, 5.74) is 0. The molecule has 2 aliphatic carbocycles. The van der Waals surface area contributed by atoms with Gasteiger partial charge in [0.25, 0.3) is 0 Å². The maximum absolute atomic E-state index is 10.1. The van der Waals surface area contributed by atoms with Crippen LogP contribution < -0.4 is 5.32 Å². The van der Waals surface area contributed by atoms with Gasteiger partial charge in [0, 0.05) is 12.6 Å². The van der Waals surface area contributed by atoms with Crippen LogP contribution in [-0.2, 0) is 4.74 Å². The molecular weight excluding hydrogens is 262 g/mol. The number of rotatable bonds is 7. The second-order valence-corrected chi connectivity index (χ2v) is 7.49. The van der Waals surface area contributed by atoms with Gasteiger partial charge in [0.15, 0.2) is 0 Å². The second kappa shape index (κ2) is 8.50. The molecule has 0 amide bonds. The van der Waals surface area contributed by atoms with E-state index in [1.54, 1.807) is 0 Å². The Hall–Kier alpha value is -0.120. The summed E-state index contributed by atoms with van der Waals surface area (Å²) in [5.74, 6) is 2.45. The molecule has 0 heterocycles. The van der Waals surface area contributed by atoms with E-state index in [4.69, 9.17) is 4.74 Å². The Balaban J connectivity index is 1.58. The first-order valence-electron chi connectivity index (χ1n) is 9.13. The first-order valence-corrected chi connectivity index (χ1v) is 9.13. The van der Waals surface area contributed by atoms with Crippen molar-refractivity contribution in [1.82, 2.24) is 5.32 Å². The summed E-state index contributed by atoms with van der Waals surface area (Å²) in [6, 6.07) is 0.583. The summed E-state index contributed by atoms with van der Waals surface area (Å²) in [4.78, 5) is 0. The molecule has 3 nitrogen and oxygen atoms in total. The molecule has 21 heavy (non-hydrogen) atoms. The van der Waals surface area contributed by atoms with Crippen LogP contribution in [0.5, 0.6) is 0 Å². The predicted molar refractivity (Wildman–Crippen MR) is 87.3 cm³/mol. The maximum atomic E-state index is 10.1. The molecule has 0 aromatic heterocycles. The highest BCUT2D eigenvalue weighted by atomic mass is 16.5. The average Bonchev–Trinajstić information content (AvgIpc) is 2.85. The van der Waals surface area contributed by atoms with Crippen LogP contribution in [0.4, 0.5) is 0 Å². The molecule has 2 saturated carbocycles. The molecule has 2 rings (SSSR count). The molecule has 4 atom stereocenters. The molecule has 0 bridgehead atoms. The summed E-state index contributed by atoms with van der Waals surface area (Å²) in [6.07, 6.45) is 8.77. The van der Waals surface area contributed by atoms with Crippen molar-refractivity contribution in [1.29, 1.82) is 0 Å². The zero-order valence-corrected chi connectivity index (χ0v) is 14.2. The van der Waals surface area contributed by atoms with Crippen LogP contribution in [0.2, 0.25) is 0 Å². The van der Waals surface area contributed by atoms with Gasteiger partial charge >= 0.3 is 0 Å². The van der Waals surface area contributed by atoms with Crippen LogP contribution in [0.1, 0.15) is 65.7 Å². The van der Waals surface area contributed by atoms with Gasteiger partial charge < -0.3 is 15.2 Å². The van der Waals surface area contributed by atoms with Crippen molar-refractivity contribution < 1.29 is 9.84 Å². The first-order chi connectivity index (χ1) is 10.1. The van der Waals surface area contributed by atoms with Gasteiger partial charge in [0.1, 0.15) is 0 Å². The fourth-order valence-electron chi connectivity index (χ4n) is 4.10. The first kappa shape index (κ1) is 17.2. The Bertz CT molecular complexity index is 289. The molecule has 0 radical (unpaired) electrons. The third kappa shape index (κ3) is 5.22. The van der Waals surface area contributed by atoms with Crippen LogP contribution in [0.15, 0.2) is 0 Å². The van der Waals surface area contributed by atoms with E-state index < -0.39 is 0 Å². The molecule has 2 aliphatic rings. The maximum Gasteiger partial charge on any atom is 0.0897 e. The Morgan fingerprint density at radius 1 is 1.10 bits per heavy atom. The van der Waals surface area contributed by atoms with Gasteiger partial charge in [-0.2, -0.15) is 0 Å². The van der Waals surface area contributed by atoms with Crippen molar-refractivity contribution in [3.8, 4) is 0 Å². The molecule has 0 saturated heterocycles. The standard InChI is InChI=1S/C18H35NO2/c1-4-15-7-10-18(14(15)3)19-11-16(20)12-21-17-8-5-13(2)6-9-17/h13-20H,4-12H2,1-3H3. The zero-order chi connectivity index (χ0) is 15.2. The highest BCUT2D eigenvalue weighted by Gasteiger charge is 2.31. The van der Waals surface area contributed by atoms with E-state index in [1.165, 1.54) is 44.9 Å². The molecule has 0 spiro atoms. The number of aliphatic hydroxyl groups is 1. The number of hydrogen-bond acceptors (Lipinski definition) is 3. The minimum absolute atomic E-state index is 0.364. The number of nitrogens with one attached hydrogen (secondary N) is 1. The lowest BCUT2D eigenvalue weighted by Crippen LogP contribution is -2.40. The van der Waals surface area contributed by atoms with E-state index in [-0.39, 0.29) is 6.10 Å². The van der Waals surface area contributed by atoms with Crippen molar-refractivity contribution in [2.75, 3.05) is 13.2 Å². The summed E-state index contributed by atoms with van der Waals surface area (Å²) >= 11 is 0. The minimum atomic E-state index is -0.364. The molecule has 0 aromatic rings. The molecule has 2 N–H and O–H groups in total. The van der Waals surface area contributed by atoms with Crippen molar-refractivity contribution in [2.45, 2.75) is 84.0 Å². The lowest BCUT2D eigenvalue weighted by molar-refractivity contribution is -0.0286. The van der Waals surface area contributed by atoms with E-state index in [0.29, 0.717) is 25.3 Å². The third-order valence-electron chi connectivity index (χ3n) is 5.85. The third-order valence-corrected chi connectivity index (χ3v) is 5.85. The smallest absolute Gasteiger partial charge is 0.0897 e. The van der Waals surface area contributed by atoms with Gasteiger partial charge in [-0.3, -0.25) is 0 Å². The fraction of sp³-hybridized carbons (Fsp3) is 1.00. The van der Waals surface area contributed by atoms with Crippen LogP contribution >= 0.6 is 0 Å². The summed E-state index contributed by atoms with van der Waals surface area (Å²) < 4.78 is 5.89. The van der Waals surface area contributed by atoms with Crippen molar-refractivity contribution >= 4 is 0 Å². The summed E-state index contributed by atoms with van der Waals surface area (Å²) in [6.45, 7) is 8.13. The topological polar surface area (TPSA) is 41.5 Å². The van der Waals surface area contributed by atoms with Crippen LogP contribution in [0.25, 0.3) is 0 Å². The molecular formula is C18H35NO2. The van der Waals surface area contributed by atoms with Gasteiger partial charge in [-0.05, 0) is 56.3 Å². The fourth-order valence-corrected chi connectivity index (χ4v) is 4.10. The van der Waals surface area contributed by atoms with Gasteiger partial charge in [-0.1, -0.05) is 27.2 Å². The molecule has 124 valence electrons.